The van der Waals surface area contributed by atoms with Crippen LogP contribution in [0.4, 0.5) is 15.8 Å². The fourth-order valence-electron chi connectivity index (χ4n) is 1.99. The van der Waals surface area contributed by atoms with E-state index in [2.05, 4.69) is 5.32 Å². The first-order valence-corrected chi connectivity index (χ1v) is 7.03. The van der Waals surface area contributed by atoms with Crippen LogP contribution >= 0.6 is 0 Å². The standard InChI is InChI=1S/C16H15FN2O6/c1-23-11-4-5-12(14(8-11)24-2)18-16(20)9-25-15-7-10(17)3-6-13(15)19(21)22/h3-8H,9H2,1-2H3,(H,18,20). The number of anilines is 1. The Hall–Kier alpha value is -3.36. The topological polar surface area (TPSA) is 99.9 Å². The molecule has 0 saturated heterocycles. The van der Waals surface area contributed by atoms with Crippen molar-refractivity contribution in [2.24, 2.45) is 0 Å². The Morgan fingerprint density at radius 1 is 1.16 bits per heavy atom. The molecule has 0 fully saturated rings. The molecule has 1 N–H and O–H groups in total. The van der Waals surface area contributed by atoms with Gasteiger partial charge in [-0.15, -0.1) is 0 Å². The largest absolute Gasteiger partial charge is 0.497 e. The first-order valence-electron chi connectivity index (χ1n) is 7.03. The van der Waals surface area contributed by atoms with Gasteiger partial charge in [-0.2, -0.15) is 0 Å². The van der Waals surface area contributed by atoms with Crippen LogP contribution in [0.1, 0.15) is 0 Å². The second-order valence-corrected chi connectivity index (χ2v) is 4.77. The van der Waals surface area contributed by atoms with E-state index in [0.29, 0.717) is 17.2 Å². The van der Waals surface area contributed by atoms with Crippen LogP contribution in [0.5, 0.6) is 17.2 Å². The summed E-state index contributed by atoms with van der Waals surface area (Å²) >= 11 is 0. The van der Waals surface area contributed by atoms with Gasteiger partial charge in [0.15, 0.2) is 6.61 Å². The number of amides is 1. The Bertz CT molecular complexity index is 796. The molecule has 0 atom stereocenters. The smallest absolute Gasteiger partial charge is 0.311 e. The minimum atomic E-state index is -0.723. The summed E-state index contributed by atoms with van der Waals surface area (Å²) in [6, 6.07) is 7.52. The van der Waals surface area contributed by atoms with Crippen LogP contribution in [0.2, 0.25) is 0 Å². The van der Waals surface area contributed by atoms with E-state index in [-0.39, 0.29) is 5.75 Å². The molecule has 0 bridgehead atoms. The van der Waals surface area contributed by atoms with Crippen LogP contribution in [0.25, 0.3) is 0 Å². The monoisotopic (exact) mass is 350 g/mol. The van der Waals surface area contributed by atoms with Crippen molar-refractivity contribution in [1.82, 2.24) is 0 Å². The average molecular weight is 350 g/mol. The molecule has 0 aliphatic rings. The van der Waals surface area contributed by atoms with Crippen molar-refractivity contribution in [2.45, 2.75) is 0 Å². The zero-order chi connectivity index (χ0) is 18.4. The van der Waals surface area contributed by atoms with E-state index in [1.165, 1.54) is 14.2 Å². The molecule has 2 rings (SSSR count). The maximum Gasteiger partial charge on any atom is 0.311 e. The van der Waals surface area contributed by atoms with Crippen molar-refractivity contribution in [1.29, 1.82) is 0 Å². The van der Waals surface area contributed by atoms with Gasteiger partial charge in [0.2, 0.25) is 5.75 Å². The van der Waals surface area contributed by atoms with Crippen molar-refractivity contribution in [2.75, 3.05) is 26.1 Å². The number of hydrogen-bond acceptors (Lipinski definition) is 6. The van der Waals surface area contributed by atoms with Gasteiger partial charge >= 0.3 is 5.69 Å². The number of nitro benzene ring substituents is 1. The van der Waals surface area contributed by atoms with E-state index in [0.717, 1.165) is 18.2 Å². The van der Waals surface area contributed by atoms with Crippen LogP contribution in [0, 0.1) is 15.9 Å². The fourth-order valence-corrected chi connectivity index (χ4v) is 1.99. The number of hydrogen-bond donors (Lipinski definition) is 1. The summed E-state index contributed by atoms with van der Waals surface area (Å²) in [5, 5.41) is 13.4. The number of halogens is 1. The van der Waals surface area contributed by atoms with E-state index in [1.807, 2.05) is 0 Å². The van der Waals surface area contributed by atoms with E-state index < -0.39 is 28.9 Å². The Morgan fingerprint density at radius 2 is 1.92 bits per heavy atom. The molecule has 0 heterocycles. The van der Waals surface area contributed by atoms with Crippen molar-refractivity contribution in [3.8, 4) is 17.2 Å². The minimum Gasteiger partial charge on any atom is -0.497 e. The number of carbonyl (C=O) groups is 1. The molecular weight excluding hydrogens is 335 g/mol. The second kappa shape index (κ2) is 7.95. The quantitative estimate of drug-likeness (QED) is 0.609. The maximum atomic E-state index is 13.2. The number of methoxy groups -OCH3 is 2. The Kier molecular flexibility index (Phi) is 5.72. The lowest BCUT2D eigenvalue weighted by molar-refractivity contribution is -0.385. The van der Waals surface area contributed by atoms with E-state index in [4.69, 9.17) is 14.2 Å². The third-order valence-corrected chi connectivity index (χ3v) is 3.16. The van der Waals surface area contributed by atoms with Gasteiger partial charge in [0.05, 0.1) is 24.8 Å². The van der Waals surface area contributed by atoms with Crippen LogP contribution in [-0.4, -0.2) is 31.7 Å². The van der Waals surface area contributed by atoms with Gasteiger partial charge < -0.3 is 19.5 Å². The second-order valence-electron chi connectivity index (χ2n) is 4.77. The first kappa shape index (κ1) is 18.0. The van der Waals surface area contributed by atoms with Gasteiger partial charge in [0.25, 0.3) is 5.91 Å². The summed E-state index contributed by atoms with van der Waals surface area (Å²) in [4.78, 5) is 22.2. The molecule has 2 aromatic carbocycles. The SMILES string of the molecule is COc1ccc(NC(=O)COc2cc(F)ccc2[N+](=O)[O-])c(OC)c1. The van der Waals surface area contributed by atoms with Gasteiger partial charge in [-0.3, -0.25) is 14.9 Å². The summed E-state index contributed by atoms with van der Waals surface area (Å²) in [6.07, 6.45) is 0. The molecule has 0 saturated carbocycles. The molecule has 0 unspecified atom stereocenters. The van der Waals surface area contributed by atoms with Crippen LogP contribution < -0.4 is 19.5 Å². The highest BCUT2D eigenvalue weighted by Crippen LogP contribution is 2.30. The number of benzene rings is 2. The van der Waals surface area contributed by atoms with Crippen LogP contribution in [-0.2, 0) is 4.79 Å². The predicted octanol–water partition coefficient (Wildman–Crippen LogP) is 2.77. The first-order chi connectivity index (χ1) is 11.9. The summed E-state index contributed by atoms with van der Waals surface area (Å²) in [6.45, 7) is -0.542. The molecule has 9 heteroatoms. The van der Waals surface area contributed by atoms with Gasteiger partial charge in [-0.25, -0.2) is 4.39 Å². The fraction of sp³-hybridized carbons (Fsp3) is 0.188. The minimum absolute atomic E-state index is 0.332. The van der Waals surface area contributed by atoms with Crippen molar-refractivity contribution in [3.63, 3.8) is 0 Å². The number of nitrogens with one attached hydrogen (secondary N) is 1. The lowest BCUT2D eigenvalue weighted by atomic mass is 10.2. The predicted molar refractivity (Wildman–Crippen MR) is 86.7 cm³/mol. The summed E-state index contributed by atoms with van der Waals surface area (Å²) in [5.41, 5.74) is -0.0677. The van der Waals surface area contributed by atoms with Gasteiger partial charge in [-0.1, -0.05) is 0 Å². The molecule has 132 valence electrons. The third-order valence-electron chi connectivity index (χ3n) is 3.16. The maximum absolute atomic E-state index is 13.2. The number of carbonyl (C=O) groups excluding carboxylic acids is 1. The molecule has 2 aromatic rings. The van der Waals surface area contributed by atoms with Crippen molar-refractivity contribution >= 4 is 17.3 Å². The zero-order valence-corrected chi connectivity index (χ0v) is 13.4. The average Bonchev–Trinajstić information content (AvgIpc) is 2.60. The van der Waals surface area contributed by atoms with E-state index >= 15 is 0 Å². The Labute approximate surface area is 142 Å². The van der Waals surface area contributed by atoms with Crippen molar-refractivity contribution < 1.29 is 28.3 Å². The molecule has 0 aromatic heterocycles. The van der Waals surface area contributed by atoms with E-state index in [1.54, 1.807) is 18.2 Å². The number of rotatable bonds is 7. The van der Waals surface area contributed by atoms with Gasteiger partial charge in [0.1, 0.15) is 17.3 Å². The lowest BCUT2D eigenvalue weighted by Gasteiger charge is -2.12. The highest BCUT2D eigenvalue weighted by atomic mass is 19.1. The summed E-state index contributed by atoms with van der Waals surface area (Å²) in [7, 11) is 2.92. The Morgan fingerprint density at radius 3 is 2.56 bits per heavy atom. The third kappa shape index (κ3) is 4.56. The molecule has 0 aliphatic carbocycles. The molecule has 1 amide bonds. The molecule has 25 heavy (non-hydrogen) atoms. The van der Waals surface area contributed by atoms with Gasteiger partial charge in [0, 0.05) is 18.2 Å². The highest BCUT2D eigenvalue weighted by molar-refractivity contribution is 5.93. The molecule has 0 aliphatic heterocycles. The van der Waals surface area contributed by atoms with Gasteiger partial charge in [-0.05, 0) is 18.2 Å². The van der Waals surface area contributed by atoms with Crippen molar-refractivity contribution in [3.05, 3.63) is 52.3 Å². The zero-order valence-electron chi connectivity index (χ0n) is 13.4. The van der Waals surface area contributed by atoms with Crippen LogP contribution in [0.3, 0.4) is 0 Å². The number of ether oxygens (including phenoxy) is 3. The molecular formula is C16H15FN2O6. The highest BCUT2D eigenvalue weighted by Gasteiger charge is 2.17. The van der Waals surface area contributed by atoms with E-state index in [9.17, 15) is 19.3 Å². The molecule has 0 spiro atoms. The normalized spacial score (nSPS) is 10.0. The molecule has 0 radical (unpaired) electrons. The summed E-state index contributed by atoms with van der Waals surface area (Å²) < 4.78 is 28.5. The molecule has 8 nitrogen and oxygen atoms in total. The summed E-state index contributed by atoms with van der Waals surface area (Å²) in [5.74, 6) is -0.729. The number of nitro groups is 1. The number of nitrogens with zero attached hydrogens (tertiary/aromatic N) is 1. The Balaban J connectivity index is 2.07. The van der Waals surface area contributed by atoms with Crippen LogP contribution in [0.15, 0.2) is 36.4 Å². The lowest BCUT2D eigenvalue weighted by Crippen LogP contribution is -2.20.